The van der Waals surface area contributed by atoms with Gasteiger partial charge in [-0.1, -0.05) is 0 Å². The molecule has 13 nitrogen and oxygen atoms in total. The Morgan fingerprint density at radius 2 is 1.64 bits per heavy atom. The van der Waals surface area contributed by atoms with Gasteiger partial charge in [-0.25, -0.2) is 4.79 Å². The maximum absolute atomic E-state index is 12.7. The Hall–Kier alpha value is -4.04. The number of aliphatic hydroxyl groups excluding tert-OH is 3. The molecule has 2 heterocycles. The van der Waals surface area contributed by atoms with Crippen molar-refractivity contribution in [2.24, 2.45) is 0 Å². The molecule has 0 saturated carbocycles. The number of hydrogen-bond donors (Lipinski definition) is 6. The molecule has 1 aliphatic heterocycles. The molecule has 0 bridgehead atoms. The molecule has 3 aromatic rings. The van der Waals surface area contributed by atoms with Crippen molar-refractivity contribution in [3.05, 3.63) is 40.6 Å². The summed E-state index contributed by atoms with van der Waals surface area (Å²) in [6.07, 6.45) is -9.31. The van der Waals surface area contributed by atoms with Crippen molar-refractivity contribution in [3.63, 3.8) is 0 Å². The maximum Gasteiger partial charge on any atom is 0.335 e. The van der Waals surface area contributed by atoms with E-state index < -0.39 is 47.9 Å². The zero-order valence-electron chi connectivity index (χ0n) is 18.8. The quantitative estimate of drug-likeness (QED) is 0.264. The molecule has 192 valence electrons. The largest absolute Gasteiger partial charge is 0.507 e. The fourth-order valence-corrected chi connectivity index (χ4v) is 3.82. The molecule has 2 unspecified atom stereocenters. The van der Waals surface area contributed by atoms with Gasteiger partial charge in [0.05, 0.1) is 14.2 Å². The molecule has 1 saturated heterocycles. The second kappa shape index (κ2) is 9.54. The van der Waals surface area contributed by atoms with E-state index in [1.807, 2.05) is 0 Å². The average molecular weight is 506 g/mol. The Bertz CT molecular complexity index is 1360. The fourth-order valence-electron chi connectivity index (χ4n) is 3.82. The predicted molar refractivity (Wildman–Crippen MR) is 119 cm³/mol. The van der Waals surface area contributed by atoms with Crippen molar-refractivity contribution in [3.8, 4) is 40.1 Å². The molecule has 1 aromatic heterocycles. The molecule has 36 heavy (non-hydrogen) atoms. The number of aliphatic carboxylic acids is 1. The highest BCUT2D eigenvalue weighted by molar-refractivity contribution is 5.86. The summed E-state index contributed by atoms with van der Waals surface area (Å²) in [5.74, 6) is -2.45. The minimum Gasteiger partial charge on any atom is -0.507 e. The minimum atomic E-state index is -1.92. The first-order chi connectivity index (χ1) is 17.0. The van der Waals surface area contributed by atoms with E-state index >= 15 is 0 Å². The van der Waals surface area contributed by atoms with Crippen molar-refractivity contribution in [2.45, 2.75) is 30.7 Å². The third-order valence-electron chi connectivity index (χ3n) is 5.59. The number of phenolic OH excluding ortho intramolecular Hbond substituents is 2. The van der Waals surface area contributed by atoms with Crippen LogP contribution in [0.3, 0.4) is 0 Å². The lowest BCUT2D eigenvalue weighted by atomic mass is 9.99. The van der Waals surface area contributed by atoms with E-state index in [-0.39, 0.29) is 45.3 Å². The van der Waals surface area contributed by atoms with Crippen LogP contribution in [0.5, 0.6) is 28.7 Å². The molecule has 4 rings (SSSR count). The van der Waals surface area contributed by atoms with E-state index in [4.69, 9.17) is 23.4 Å². The van der Waals surface area contributed by atoms with E-state index in [1.54, 1.807) is 0 Å². The second-order valence-corrected chi connectivity index (χ2v) is 7.87. The third-order valence-corrected chi connectivity index (χ3v) is 5.59. The van der Waals surface area contributed by atoms with Gasteiger partial charge in [0.15, 0.2) is 23.0 Å². The molecule has 0 spiro atoms. The van der Waals surface area contributed by atoms with E-state index in [2.05, 4.69) is 0 Å². The highest BCUT2D eigenvalue weighted by Gasteiger charge is 2.48. The van der Waals surface area contributed by atoms with Crippen LogP contribution in [0, 0.1) is 0 Å². The number of phenols is 2. The van der Waals surface area contributed by atoms with Crippen LogP contribution < -0.4 is 19.6 Å². The molecular formula is C23H22O13. The van der Waals surface area contributed by atoms with Gasteiger partial charge >= 0.3 is 5.97 Å². The van der Waals surface area contributed by atoms with Crippen LogP contribution in [0.1, 0.15) is 0 Å². The summed E-state index contributed by atoms with van der Waals surface area (Å²) in [5, 5.41) is 59.6. The number of hydrogen-bond acceptors (Lipinski definition) is 12. The van der Waals surface area contributed by atoms with E-state index in [0.29, 0.717) is 0 Å². The summed E-state index contributed by atoms with van der Waals surface area (Å²) >= 11 is 0. The van der Waals surface area contributed by atoms with Crippen LogP contribution >= 0.6 is 0 Å². The van der Waals surface area contributed by atoms with Gasteiger partial charge in [0.25, 0.3) is 0 Å². The van der Waals surface area contributed by atoms with Gasteiger partial charge < -0.3 is 54.0 Å². The van der Waals surface area contributed by atoms with Crippen LogP contribution in [0.2, 0.25) is 0 Å². The van der Waals surface area contributed by atoms with Gasteiger partial charge in [-0.05, 0) is 12.1 Å². The molecule has 0 aliphatic carbocycles. The van der Waals surface area contributed by atoms with Gasteiger partial charge in [0.1, 0.15) is 46.5 Å². The monoisotopic (exact) mass is 506 g/mol. The van der Waals surface area contributed by atoms with Crippen LogP contribution in [-0.4, -0.2) is 81.5 Å². The van der Waals surface area contributed by atoms with Crippen LogP contribution in [0.15, 0.2) is 39.5 Å². The Morgan fingerprint density at radius 3 is 2.28 bits per heavy atom. The fraction of sp³-hybridized carbons (Fsp3) is 0.304. The van der Waals surface area contributed by atoms with Crippen LogP contribution in [0.25, 0.3) is 22.3 Å². The number of benzene rings is 2. The Balaban J connectivity index is 1.75. The van der Waals surface area contributed by atoms with Gasteiger partial charge in [-0.2, -0.15) is 0 Å². The van der Waals surface area contributed by atoms with Crippen molar-refractivity contribution in [2.75, 3.05) is 14.2 Å². The van der Waals surface area contributed by atoms with E-state index in [0.717, 1.165) is 12.1 Å². The van der Waals surface area contributed by atoms with E-state index in [1.165, 1.54) is 32.4 Å². The molecular weight excluding hydrogens is 484 g/mol. The lowest BCUT2D eigenvalue weighted by Crippen LogP contribution is -2.61. The Morgan fingerprint density at radius 1 is 0.917 bits per heavy atom. The highest BCUT2D eigenvalue weighted by atomic mass is 16.7. The number of ether oxygens (including phenoxy) is 4. The number of aliphatic hydroxyl groups is 3. The Kier molecular flexibility index (Phi) is 6.65. The van der Waals surface area contributed by atoms with Gasteiger partial charge in [0.2, 0.25) is 12.0 Å². The van der Waals surface area contributed by atoms with Crippen molar-refractivity contribution in [1.29, 1.82) is 0 Å². The summed E-state index contributed by atoms with van der Waals surface area (Å²) in [6.45, 7) is 0. The number of methoxy groups -OCH3 is 2. The molecule has 1 fully saturated rings. The molecule has 0 amide bonds. The van der Waals surface area contributed by atoms with Gasteiger partial charge in [0, 0.05) is 23.8 Å². The lowest BCUT2D eigenvalue weighted by Gasteiger charge is -2.38. The zero-order valence-corrected chi connectivity index (χ0v) is 18.8. The standard InChI is InChI=1S/C23H22O13/c1-32-15-4-8(3-12(26)20(15)33-2)13-7-11(25)16-10(24)5-9(6-14(16)35-13)34-23-19(29)17(27)18(28)21(36-23)22(30)31/h3-7,17-19,21,23-24,26-29H,1-2H3,(H,30,31)/t17-,18-,19?,21?,23+/m0/s1. The smallest absolute Gasteiger partial charge is 0.335 e. The normalized spacial score (nSPS) is 23.9. The zero-order chi connectivity index (χ0) is 26.3. The maximum atomic E-state index is 12.7. The second-order valence-electron chi connectivity index (χ2n) is 7.87. The number of aromatic hydroxyl groups is 2. The van der Waals surface area contributed by atoms with Crippen molar-refractivity contribution in [1.82, 2.24) is 0 Å². The number of carbonyl (C=O) groups is 1. The summed E-state index contributed by atoms with van der Waals surface area (Å²) in [4.78, 5) is 24.0. The molecule has 1 aliphatic rings. The van der Waals surface area contributed by atoms with Gasteiger partial charge in [-0.15, -0.1) is 0 Å². The SMILES string of the molecule is COc1cc(-c2cc(=O)c3c(O)cc(O[C@@H]4OC(C(=O)O)[C@@H](O)[C@H](O)C4O)cc3o2)cc(O)c1OC. The minimum absolute atomic E-state index is 0.0151. The molecule has 2 aromatic carbocycles. The van der Waals surface area contributed by atoms with Crippen LogP contribution in [0.4, 0.5) is 0 Å². The van der Waals surface area contributed by atoms with Crippen LogP contribution in [-0.2, 0) is 9.53 Å². The number of fused-ring (bicyclic) bond motifs is 1. The summed E-state index contributed by atoms with van der Waals surface area (Å²) in [6, 6.07) is 5.99. The number of carboxylic acid groups (broad SMARTS) is 1. The van der Waals surface area contributed by atoms with E-state index in [9.17, 15) is 40.2 Å². The lowest BCUT2D eigenvalue weighted by molar-refractivity contribution is -0.271. The predicted octanol–water partition coefficient (Wildman–Crippen LogP) is 0.159. The average Bonchev–Trinajstić information content (AvgIpc) is 2.83. The third kappa shape index (κ3) is 4.35. The number of carboxylic acids is 1. The molecule has 0 radical (unpaired) electrons. The van der Waals surface area contributed by atoms with Gasteiger partial charge in [-0.3, -0.25) is 4.79 Å². The Labute approximate surface area is 201 Å². The molecule has 6 N–H and O–H groups in total. The first kappa shape index (κ1) is 25.1. The highest BCUT2D eigenvalue weighted by Crippen LogP contribution is 2.41. The summed E-state index contributed by atoms with van der Waals surface area (Å²) < 4.78 is 26.5. The summed E-state index contributed by atoms with van der Waals surface area (Å²) in [5.41, 5.74) is -0.562. The first-order valence-corrected chi connectivity index (χ1v) is 10.4. The summed E-state index contributed by atoms with van der Waals surface area (Å²) in [7, 11) is 2.69. The van der Waals surface area contributed by atoms with Crippen molar-refractivity contribution >= 4 is 16.9 Å². The van der Waals surface area contributed by atoms with Crippen molar-refractivity contribution < 1.29 is 58.8 Å². The molecule has 13 heteroatoms. The topological polar surface area (TPSA) is 206 Å². The number of rotatable bonds is 6. The molecule has 5 atom stereocenters. The first-order valence-electron chi connectivity index (χ1n) is 10.4.